The number of nitrogens with zero attached hydrogens (tertiary/aromatic N) is 2. The molecule has 100 valence electrons. The zero-order chi connectivity index (χ0) is 15.3. The SMILES string of the molecule is N#Cc1cc2cccc3c2c(c1C#N)-c1ccccc1C3=O. The molecule has 0 radical (unpaired) electrons. The first-order valence-electron chi connectivity index (χ1n) is 6.80. The monoisotopic (exact) mass is 280 g/mol. The van der Waals surface area contributed by atoms with Gasteiger partial charge in [0.1, 0.15) is 12.1 Å². The average molecular weight is 280 g/mol. The lowest BCUT2D eigenvalue weighted by molar-refractivity contribution is 0.104. The summed E-state index contributed by atoms with van der Waals surface area (Å²) in [4.78, 5) is 12.7. The molecule has 0 aromatic heterocycles. The summed E-state index contributed by atoms with van der Waals surface area (Å²) in [7, 11) is 0. The minimum absolute atomic E-state index is 0.0395. The molecule has 0 amide bonds. The molecule has 22 heavy (non-hydrogen) atoms. The maximum absolute atomic E-state index is 12.7. The third kappa shape index (κ3) is 1.40. The van der Waals surface area contributed by atoms with Crippen molar-refractivity contribution in [3.8, 4) is 23.3 Å². The van der Waals surface area contributed by atoms with Crippen LogP contribution in [0.1, 0.15) is 27.0 Å². The number of carbonyl (C=O) groups excluding carboxylic acids is 1. The highest BCUT2D eigenvalue weighted by Crippen LogP contribution is 2.42. The molecule has 1 aliphatic rings. The van der Waals surface area contributed by atoms with Crippen molar-refractivity contribution in [1.82, 2.24) is 0 Å². The van der Waals surface area contributed by atoms with Crippen molar-refractivity contribution in [1.29, 1.82) is 10.5 Å². The third-order valence-electron chi connectivity index (χ3n) is 4.08. The van der Waals surface area contributed by atoms with E-state index in [1.54, 1.807) is 24.3 Å². The predicted molar refractivity (Wildman–Crippen MR) is 82.2 cm³/mol. The van der Waals surface area contributed by atoms with Crippen LogP contribution in [0.25, 0.3) is 21.9 Å². The van der Waals surface area contributed by atoms with Gasteiger partial charge in [0.15, 0.2) is 5.78 Å². The van der Waals surface area contributed by atoms with Crippen molar-refractivity contribution in [2.24, 2.45) is 0 Å². The molecule has 0 spiro atoms. The third-order valence-corrected chi connectivity index (χ3v) is 4.08. The molecule has 0 saturated carbocycles. The number of benzene rings is 3. The van der Waals surface area contributed by atoms with E-state index in [1.165, 1.54) is 0 Å². The molecule has 3 aromatic carbocycles. The molecule has 0 fully saturated rings. The summed E-state index contributed by atoms with van der Waals surface area (Å²) in [6.45, 7) is 0. The van der Waals surface area contributed by atoms with Crippen LogP contribution in [-0.4, -0.2) is 5.78 Å². The van der Waals surface area contributed by atoms with E-state index in [0.717, 1.165) is 16.3 Å². The largest absolute Gasteiger partial charge is 0.289 e. The number of nitriles is 2. The van der Waals surface area contributed by atoms with Crippen LogP contribution in [0.15, 0.2) is 48.5 Å². The van der Waals surface area contributed by atoms with E-state index in [2.05, 4.69) is 12.1 Å². The summed E-state index contributed by atoms with van der Waals surface area (Å²) in [6.07, 6.45) is 0. The van der Waals surface area contributed by atoms with Crippen LogP contribution in [-0.2, 0) is 0 Å². The Morgan fingerprint density at radius 2 is 1.55 bits per heavy atom. The van der Waals surface area contributed by atoms with Crippen LogP contribution in [0, 0.1) is 22.7 Å². The fraction of sp³-hybridized carbons (Fsp3) is 0. The molecule has 3 aromatic rings. The second-order valence-electron chi connectivity index (χ2n) is 5.18. The van der Waals surface area contributed by atoms with E-state index >= 15 is 0 Å². The first-order valence-corrected chi connectivity index (χ1v) is 6.80. The fourth-order valence-electron chi connectivity index (χ4n) is 3.16. The number of carbonyl (C=O) groups is 1. The van der Waals surface area contributed by atoms with Gasteiger partial charge in [0.05, 0.1) is 11.1 Å². The standard InChI is InChI=1S/C19H8N2O/c20-9-12-8-11-4-3-7-15-17(11)18(16(12)10-21)13-5-1-2-6-14(13)19(15)22/h1-8H. The van der Waals surface area contributed by atoms with Crippen molar-refractivity contribution in [2.45, 2.75) is 0 Å². The van der Waals surface area contributed by atoms with E-state index in [0.29, 0.717) is 27.8 Å². The fourth-order valence-corrected chi connectivity index (χ4v) is 3.16. The van der Waals surface area contributed by atoms with Gasteiger partial charge in [-0.2, -0.15) is 10.5 Å². The Hall–Kier alpha value is -3.43. The van der Waals surface area contributed by atoms with Gasteiger partial charge in [-0.1, -0.05) is 42.5 Å². The summed E-state index contributed by atoms with van der Waals surface area (Å²) < 4.78 is 0. The minimum atomic E-state index is -0.0395. The molecule has 3 nitrogen and oxygen atoms in total. The van der Waals surface area contributed by atoms with Gasteiger partial charge >= 0.3 is 0 Å². The Bertz CT molecular complexity index is 1070. The van der Waals surface area contributed by atoms with Crippen LogP contribution in [0.3, 0.4) is 0 Å². The van der Waals surface area contributed by atoms with Gasteiger partial charge in [-0.3, -0.25) is 4.79 Å². The van der Waals surface area contributed by atoms with Gasteiger partial charge < -0.3 is 0 Å². The van der Waals surface area contributed by atoms with Crippen LogP contribution in [0.2, 0.25) is 0 Å². The summed E-state index contributed by atoms with van der Waals surface area (Å²) in [6, 6.07) is 18.6. The van der Waals surface area contributed by atoms with Gasteiger partial charge in [-0.25, -0.2) is 0 Å². The van der Waals surface area contributed by atoms with E-state index < -0.39 is 0 Å². The topological polar surface area (TPSA) is 64.7 Å². The molecule has 0 N–H and O–H groups in total. The lowest BCUT2D eigenvalue weighted by atomic mass is 9.79. The van der Waals surface area contributed by atoms with Crippen molar-refractivity contribution >= 4 is 16.6 Å². The van der Waals surface area contributed by atoms with Crippen molar-refractivity contribution in [3.05, 3.63) is 70.8 Å². The molecule has 1 aliphatic carbocycles. The summed E-state index contributed by atoms with van der Waals surface area (Å²) in [5.41, 5.74) is 3.27. The number of ketones is 1. The number of fused-ring (bicyclic) bond motifs is 2. The molecule has 0 atom stereocenters. The Kier molecular flexibility index (Phi) is 2.40. The number of hydrogen-bond donors (Lipinski definition) is 0. The zero-order valence-corrected chi connectivity index (χ0v) is 11.4. The van der Waals surface area contributed by atoms with Crippen LogP contribution in [0.4, 0.5) is 0 Å². The predicted octanol–water partition coefficient (Wildman–Crippen LogP) is 3.79. The molecule has 0 saturated heterocycles. The first kappa shape index (κ1) is 12.3. The van der Waals surface area contributed by atoms with Crippen LogP contribution in [0.5, 0.6) is 0 Å². The van der Waals surface area contributed by atoms with Crippen LogP contribution < -0.4 is 0 Å². The van der Waals surface area contributed by atoms with Gasteiger partial charge in [0, 0.05) is 22.1 Å². The van der Waals surface area contributed by atoms with E-state index in [-0.39, 0.29) is 5.78 Å². The maximum Gasteiger partial charge on any atom is 0.194 e. The lowest BCUT2D eigenvalue weighted by Crippen LogP contribution is -2.11. The summed E-state index contributed by atoms with van der Waals surface area (Å²) in [5.74, 6) is -0.0395. The maximum atomic E-state index is 12.7. The number of hydrogen-bond acceptors (Lipinski definition) is 3. The zero-order valence-electron chi connectivity index (χ0n) is 11.4. The Balaban J connectivity index is 2.35. The van der Waals surface area contributed by atoms with E-state index in [9.17, 15) is 15.3 Å². The normalized spacial score (nSPS) is 11.6. The molecular weight excluding hydrogens is 272 g/mol. The summed E-state index contributed by atoms with van der Waals surface area (Å²) >= 11 is 0. The van der Waals surface area contributed by atoms with Crippen molar-refractivity contribution in [3.63, 3.8) is 0 Å². The average Bonchev–Trinajstić information content (AvgIpc) is 2.58. The van der Waals surface area contributed by atoms with E-state index in [1.807, 2.05) is 24.3 Å². The minimum Gasteiger partial charge on any atom is -0.289 e. The Labute approximate surface area is 126 Å². The van der Waals surface area contributed by atoms with Crippen LogP contribution >= 0.6 is 0 Å². The van der Waals surface area contributed by atoms with Gasteiger partial charge in [0.2, 0.25) is 0 Å². The highest BCUT2D eigenvalue weighted by atomic mass is 16.1. The molecule has 4 rings (SSSR count). The molecule has 0 heterocycles. The second-order valence-corrected chi connectivity index (χ2v) is 5.18. The number of rotatable bonds is 0. The Morgan fingerprint density at radius 3 is 2.27 bits per heavy atom. The first-order chi connectivity index (χ1) is 10.8. The van der Waals surface area contributed by atoms with Crippen molar-refractivity contribution < 1.29 is 4.79 Å². The Morgan fingerprint density at radius 1 is 0.818 bits per heavy atom. The molecule has 0 unspecified atom stereocenters. The molecule has 0 aliphatic heterocycles. The van der Waals surface area contributed by atoms with Gasteiger partial charge in [-0.05, 0) is 17.0 Å². The van der Waals surface area contributed by atoms with Gasteiger partial charge in [0.25, 0.3) is 0 Å². The smallest absolute Gasteiger partial charge is 0.194 e. The van der Waals surface area contributed by atoms with Gasteiger partial charge in [-0.15, -0.1) is 0 Å². The van der Waals surface area contributed by atoms with E-state index in [4.69, 9.17) is 0 Å². The quantitative estimate of drug-likeness (QED) is 0.492. The molecular formula is C19H8N2O. The molecule has 3 heteroatoms. The summed E-state index contributed by atoms with van der Waals surface area (Å²) in [5, 5.41) is 20.5. The highest BCUT2D eigenvalue weighted by molar-refractivity contribution is 6.26. The molecule has 0 bridgehead atoms. The lowest BCUT2D eigenvalue weighted by Gasteiger charge is -2.21. The van der Waals surface area contributed by atoms with Crippen molar-refractivity contribution in [2.75, 3.05) is 0 Å². The second kappa shape index (κ2) is 4.28. The highest BCUT2D eigenvalue weighted by Gasteiger charge is 2.28.